The van der Waals surface area contributed by atoms with E-state index in [1.54, 1.807) is 0 Å². The normalized spacial score (nSPS) is 16.4. The van der Waals surface area contributed by atoms with Gasteiger partial charge in [0.1, 0.15) is 5.75 Å². The zero-order valence-electron chi connectivity index (χ0n) is 22.9. The van der Waals surface area contributed by atoms with Gasteiger partial charge in [0.15, 0.2) is 6.04 Å². The first kappa shape index (κ1) is 27.7. The lowest BCUT2D eigenvalue weighted by Crippen LogP contribution is -2.43. The second-order valence-electron chi connectivity index (χ2n) is 12.0. The third kappa shape index (κ3) is 6.67. The molecular weight excluding hydrogens is 452 g/mol. The molecule has 6 heteroatoms. The molecule has 0 bridgehead atoms. The number of hydrogen-bond acceptors (Lipinski definition) is 5. The van der Waals surface area contributed by atoms with Crippen LogP contribution in [0.3, 0.4) is 0 Å². The van der Waals surface area contributed by atoms with E-state index in [2.05, 4.69) is 63.9 Å². The standard InChI is InChI=1S/C30H42N2O4/c1-29(2,3)23-17-20(18-24(26(23)33)30(4,5)6)19-32-15-13-22(14-16-32)27(34)31-25(28(35)36-7)21-11-9-8-10-12-21/h8-12,17-18,22,25,33H,13-16,19H2,1-7H3,(H,31,34). The highest BCUT2D eigenvalue weighted by Gasteiger charge is 2.31. The molecule has 3 rings (SSSR count). The quantitative estimate of drug-likeness (QED) is 0.538. The minimum atomic E-state index is -0.801. The van der Waals surface area contributed by atoms with Gasteiger partial charge in [-0.25, -0.2) is 4.79 Å². The third-order valence-electron chi connectivity index (χ3n) is 7.01. The number of amides is 1. The number of esters is 1. The number of methoxy groups -OCH3 is 1. The number of rotatable bonds is 6. The molecule has 1 aliphatic rings. The minimum absolute atomic E-state index is 0.108. The van der Waals surface area contributed by atoms with Crippen LogP contribution in [-0.2, 0) is 31.7 Å². The molecule has 0 radical (unpaired) electrons. The molecule has 196 valence electrons. The fraction of sp³-hybridized carbons (Fsp3) is 0.533. The number of hydrogen-bond donors (Lipinski definition) is 2. The molecular formula is C30H42N2O4. The zero-order valence-corrected chi connectivity index (χ0v) is 22.9. The molecule has 1 amide bonds. The summed E-state index contributed by atoms with van der Waals surface area (Å²) < 4.78 is 4.93. The molecule has 0 saturated carbocycles. The van der Waals surface area contributed by atoms with Gasteiger partial charge >= 0.3 is 5.97 Å². The van der Waals surface area contributed by atoms with Gasteiger partial charge in [0.2, 0.25) is 5.91 Å². The number of phenolic OH excluding ortho intramolecular Hbond substituents is 1. The Bertz CT molecular complexity index is 1020. The third-order valence-corrected chi connectivity index (χ3v) is 7.01. The van der Waals surface area contributed by atoms with Crippen molar-refractivity contribution in [3.8, 4) is 5.75 Å². The van der Waals surface area contributed by atoms with Crippen molar-refractivity contribution in [2.45, 2.75) is 77.8 Å². The number of nitrogens with one attached hydrogen (secondary N) is 1. The van der Waals surface area contributed by atoms with Gasteiger partial charge in [-0.1, -0.05) is 84.0 Å². The van der Waals surface area contributed by atoms with Crippen LogP contribution < -0.4 is 5.32 Å². The van der Waals surface area contributed by atoms with E-state index in [4.69, 9.17) is 4.74 Å². The number of benzene rings is 2. The van der Waals surface area contributed by atoms with E-state index in [0.29, 0.717) is 11.3 Å². The summed E-state index contributed by atoms with van der Waals surface area (Å²) in [7, 11) is 1.34. The average Bonchev–Trinajstić information content (AvgIpc) is 2.82. The summed E-state index contributed by atoms with van der Waals surface area (Å²) in [6.07, 6.45) is 1.45. The molecule has 6 nitrogen and oxygen atoms in total. The number of carbonyl (C=O) groups is 2. The molecule has 2 aromatic carbocycles. The molecule has 0 spiro atoms. The van der Waals surface area contributed by atoms with Gasteiger partial charge in [0, 0.05) is 12.5 Å². The number of carbonyl (C=O) groups excluding carboxylic acids is 2. The van der Waals surface area contributed by atoms with Crippen LogP contribution in [0.5, 0.6) is 5.75 Å². The van der Waals surface area contributed by atoms with Crippen molar-refractivity contribution in [3.05, 3.63) is 64.7 Å². The second kappa shape index (κ2) is 11.0. The predicted molar refractivity (Wildman–Crippen MR) is 143 cm³/mol. The van der Waals surface area contributed by atoms with Crippen LogP contribution in [-0.4, -0.2) is 42.1 Å². The molecule has 1 fully saturated rings. The summed E-state index contributed by atoms with van der Waals surface area (Å²) in [4.78, 5) is 27.8. The Morgan fingerprint density at radius 2 is 1.53 bits per heavy atom. The van der Waals surface area contributed by atoms with E-state index < -0.39 is 12.0 Å². The Morgan fingerprint density at radius 3 is 2.00 bits per heavy atom. The van der Waals surface area contributed by atoms with Crippen LogP contribution in [0, 0.1) is 5.92 Å². The highest BCUT2D eigenvalue weighted by molar-refractivity contribution is 5.86. The first-order valence-corrected chi connectivity index (χ1v) is 12.8. The summed E-state index contributed by atoms with van der Waals surface area (Å²) >= 11 is 0. The Labute approximate surface area is 216 Å². The van der Waals surface area contributed by atoms with Crippen LogP contribution in [0.1, 0.15) is 82.7 Å². The smallest absolute Gasteiger partial charge is 0.333 e. The van der Waals surface area contributed by atoms with E-state index in [1.807, 2.05) is 30.3 Å². The molecule has 1 heterocycles. The van der Waals surface area contributed by atoms with Crippen LogP contribution in [0.15, 0.2) is 42.5 Å². The number of ether oxygens (including phenoxy) is 1. The lowest BCUT2D eigenvalue weighted by molar-refractivity contribution is -0.146. The van der Waals surface area contributed by atoms with Crippen molar-refractivity contribution in [1.82, 2.24) is 10.2 Å². The number of nitrogens with zero attached hydrogens (tertiary/aromatic N) is 1. The molecule has 0 aliphatic carbocycles. The Morgan fingerprint density at radius 1 is 1.00 bits per heavy atom. The van der Waals surface area contributed by atoms with Crippen molar-refractivity contribution in [3.63, 3.8) is 0 Å². The molecule has 1 saturated heterocycles. The van der Waals surface area contributed by atoms with Crippen LogP contribution in [0.2, 0.25) is 0 Å². The topological polar surface area (TPSA) is 78.9 Å². The van der Waals surface area contributed by atoms with E-state index in [0.717, 1.165) is 43.6 Å². The largest absolute Gasteiger partial charge is 0.507 e. The van der Waals surface area contributed by atoms with Gasteiger partial charge in [-0.05, 0) is 59.0 Å². The fourth-order valence-corrected chi connectivity index (χ4v) is 4.84. The van der Waals surface area contributed by atoms with Crippen molar-refractivity contribution < 1.29 is 19.4 Å². The maximum Gasteiger partial charge on any atom is 0.333 e. The molecule has 0 aromatic heterocycles. The monoisotopic (exact) mass is 494 g/mol. The highest BCUT2D eigenvalue weighted by Crippen LogP contribution is 2.40. The summed E-state index contributed by atoms with van der Waals surface area (Å²) in [5.74, 6) is -0.327. The molecule has 1 unspecified atom stereocenters. The summed E-state index contributed by atoms with van der Waals surface area (Å²) in [5.41, 5.74) is 3.50. The Balaban J connectivity index is 1.68. The number of piperidine rings is 1. The highest BCUT2D eigenvalue weighted by atomic mass is 16.5. The molecule has 1 aliphatic heterocycles. The zero-order chi connectivity index (χ0) is 26.7. The SMILES string of the molecule is COC(=O)C(NC(=O)C1CCN(Cc2cc(C(C)(C)C)c(O)c(C(C)(C)C)c2)CC1)c1ccccc1. The van der Waals surface area contributed by atoms with Gasteiger partial charge < -0.3 is 15.2 Å². The Hall–Kier alpha value is -2.86. The van der Waals surface area contributed by atoms with Crippen molar-refractivity contribution >= 4 is 11.9 Å². The molecule has 2 aromatic rings. The number of likely N-dealkylation sites (tertiary alicyclic amines) is 1. The van der Waals surface area contributed by atoms with Gasteiger partial charge in [-0.15, -0.1) is 0 Å². The molecule has 36 heavy (non-hydrogen) atoms. The van der Waals surface area contributed by atoms with Gasteiger partial charge in [-0.3, -0.25) is 9.69 Å². The molecule has 2 N–H and O–H groups in total. The van der Waals surface area contributed by atoms with Gasteiger partial charge in [0.25, 0.3) is 0 Å². The van der Waals surface area contributed by atoms with Crippen LogP contribution >= 0.6 is 0 Å². The first-order chi connectivity index (χ1) is 16.8. The van der Waals surface area contributed by atoms with Crippen LogP contribution in [0.25, 0.3) is 0 Å². The van der Waals surface area contributed by atoms with Gasteiger partial charge in [0.05, 0.1) is 7.11 Å². The second-order valence-corrected chi connectivity index (χ2v) is 12.0. The summed E-state index contributed by atoms with van der Waals surface area (Å²) in [6, 6.07) is 12.7. The van der Waals surface area contributed by atoms with Crippen molar-refractivity contribution in [2.75, 3.05) is 20.2 Å². The van der Waals surface area contributed by atoms with Crippen LogP contribution in [0.4, 0.5) is 0 Å². The first-order valence-electron chi connectivity index (χ1n) is 12.8. The summed E-state index contributed by atoms with van der Waals surface area (Å²) in [6.45, 7) is 15.1. The van der Waals surface area contributed by atoms with Crippen molar-refractivity contribution in [1.29, 1.82) is 0 Å². The fourth-order valence-electron chi connectivity index (χ4n) is 4.84. The minimum Gasteiger partial charge on any atom is -0.507 e. The van der Waals surface area contributed by atoms with E-state index in [1.165, 1.54) is 12.7 Å². The maximum atomic E-state index is 13.0. The van der Waals surface area contributed by atoms with Crippen molar-refractivity contribution in [2.24, 2.45) is 5.92 Å². The maximum absolute atomic E-state index is 13.0. The Kier molecular flexibility index (Phi) is 8.50. The van der Waals surface area contributed by atoms with E-state index >= 15 is 0 Å². The lowest BCUT2D eigenvalue weighted by Gasteiger charge is -2.33. The van der Waals surface area contributed by atoms with E-state index in [9.17, 15) is 14.7 Å². The number of aromatic hydroxyl groups is 1. The van der Waals surface area contributed by atoms with E-state index in [-0.39, 0.29) is 22.7 Å². The average molecular weight is 495 g/mol. The number of phenols is 1. The lowest BCUT2D eigenvalue weighted by atomic mass is 9.78. The predicted octanol–water partition coefficient (Wildman–Crippen LogP) is 5.23. The van der Waals surface area contributed by atoms with Gasteiger partial charge in [-0.2, -0.15) is 0 Å². The molecule has 1 atom stereocenters. The summed E-state index contributed by atoms with van der Waals surface area (Å²) in [5, 5.41) is 13.9.